The molecular formula is C10H21NO. The van der Waals surface area contributed by atoms with Gasteiger partial charge in [-0.2, -0.15) is 0 Å². The summed E-state index contributed by atoms with van der Waals surface area (Å²) < 4.78 is 5.46. The molecule has 1 aliphatic heterocycles. The Bertz CT molecular complexity index is 125. The first kappa shape index (κ1) is 10.0. The van der Waals surface area contributed by atoms with Crippen LogP contribution < -0.4 is 0 Å². The maximum Gasteiger partial charge on any atom is 0.0621 e. The Morgan fingerprint density at radius 2 is 2.25 bits per heavy atom. The quantitative estimate of drug-likeness (QED) is 0.640. The summed E-state index contributed by atoms with van der Waals surface area (Å²) in [5, 5.41) is 0. The second-order valence-electron chi connectivity index (χ2n) is 3.79. The van der Waals surface area contributed by atoms with E-state index in [2.05, 4.69) is 25.7 Å². The zero-order valence-corrected chi connectivity index (χ0v) is 8.55. The molecule has 0 N–H and O–H groups in total. The molecule has 0 amide bonds. The number of hydrogen-bond acceptors (Lipinski definition) is 2. The van der Waals surface area contributed by atoms with Crippen LogP contribution in [0, 0.1) is 0 Å². The average Bonchev–Trinajstić information content (AvgIpc) is 2.48. The number of ether oxygens (including phenoxy) is 1. The molecule has 72 valence electrons. The molecule has 1 fully saturated rings. The van der Waals surface area contributed by atoms with Crippen LogP contribution in [0.2, 0.25) is 0 Å². The molecule has 2 nitrogen and oxygen atoms in total. The van der Waals surface area contributed by atoms with Gasteiger partial charge in [-0.3, -0.25) is 4.90 Å². The minimum Gasteiger partial charge on any atom is -0.380 e. The van der Waals surface area contributed by atoms with Crippen LogP contribution in [0.25, 0.3) is 0 Å². The van der Waals surface area contributed by atoms with Gasteiger partial charge in [0.05, 0.1) is 6.61 Å². The summed E-state index contributed by atoms with van der Waals surface area (Å²) in [4.78, 5) is 2.55. The summed E-state index contributed by atoms with van der Waals surface area (Å²) in [6.45, 7) is 9.63. The summed E-state index contributed by atoms with van der Waals surface area (Å²) in [6.07, 6.45) is 2.66. The Hall–Kier alpha value is -0.0800. The number of rotatable bonds is 4. The first-order chi connectivity index (χ1) is 5.75. The highest BCUT2D eigenvalue weighted by molar-refractivity contribution is 4.80. The van der Waals surface area contributed by atoms with Crippen LogP contribution in [0.15, 0.2) is 0 Å². The fourth-order valence-corrected chi connectivity index (χ4v) is 1.97. The molecule has 0 aromatic rings. The summed E-state index contributed by atoms with van der Waals surface area (Å²) in [5.41, 5.74) is 0. The molecule has 0 aromatic heterocycles. The highest BCUT2D eigenvalue weighted by atomic mass is 16.5. The summed E-state index contributed by atoms with van der Waals surface area (Å²) in [6, 6.07) is 1.36. The van der Waals surface area contributed by atoms with Gasteiger partial charge in [0.1, 0.15) is 0 Å². The van der Waals surface area contributed by atoms with Gasteiger partial charge in [-0.25, -0.2) is 0 Å². The predicted molar refractivity (Wildman–Crippen MR) is 51.4 cm³/mol. The number of hydrogen-bond donors (Lipinski definition) is 0. The van der Waals surface area contributed by atoms with Crippen LogP contribution in [0.1, 0.15) is 33.6 Å². The van der Waals surface area contributed by atoms with E-state index in [1.54, 1.807) is 0 Å². The lowest BCUT2D eigenvalue weighted by atomic mass is 10.2. The van der Waals surface area contributed by atoms with Crippen LogP contribution in [0.3, 0.4) is 0 Å². The average molecular weight is 171 g/mol. The van der Waals surface area contributed by atoms with E-state index in [9.17, 15) is 0 Å². The molecule has 1 saturated heterocycles. The smallest absolute Gasteiger partial charge is 0.0621 e. The van der Waals surface area contributed by atoms with Crippen LogP contribution in [0.5, 0.6) is 0 Å². The van der Waals surface area contributed by atoms with Crippen molar-refractivity contribution in [3.63, 3.8) is 0 Å². The maximum atomic E-state index is 5.46. The van der Waals surface area contributed by atoms with Crippen molar-refractivity contribution in [1.29, 1.82) is 0 Å². The fraction of sp³-hybridized carbons (Fsp3) is 1.00. The van der Waals surface area contributed by atoms with Crippen molar-refractivity contribution >= 4 is 0 Å². The van der Waals surface area contributed by atoms with Crippen molar-refractivity contribution in [3.05, 3.63) is 0 Å². The van der Waals surface area contributed by atoms with Gasteiger partial charge in [-0.1, -0.05) is 0 Å². The second kappa shape index (κ2) is 4.83. The lowest BCUT2D eigenvalue weighted by molar-refractivity contribution is 0.0728. The highest BCUT2D eigenvalue weighted by Crippen LogP contribution is 2.19. The molecule has 2 heteroatoms. The lowest BCUT2D eigenvalue weighted by Crippen LogP contribution is -2.38. The molecule has 1 rings (SSSR count). The van der Waals surface area contributed by atoms with E-state index in [-0.39, 0.29) is 0 Å². The first-order valence-corrected chi connectivity index (χ1v) is 5.09. The SMILES string of the molecule is CCOC[C@H]1CCCN1C(C)C. The molecular weight excluding hydrogens is 150 g/mol. The van der Waals surface area contributed by atoms with Gasteiger partial charge >= 0.3 is 0 Å². The first-order valence-electron chi connectivity index (χ1n) is 5.09. The minimum atomic E-state index is 0.679. The van der Waals surface area contributed by atoms with Gasteiger partial charge in [0.15, 0.2) is 0 Å². The molecule has 0 bridgehead atoms. The van der Waals surface area contributed by atoms with E-state index < -0.39 is 0 Å². The van der Waals surface area contributed by atoms with Gasteiger partial charge in [0, 0.05) is 18.7 Å². The lowest BCUT2D eigenvalue weighted by Gasteiger charge is -2.27. The fourth-order valence-electron chi connectivity index (χ4n) is 1.97. The maximum absolute atomic E-state index is 5.46. The summed E-state index contributed by atoms with van der Waals surface area (Å²) in [7, 11) is 0. The summed E-state index contributed by atoms with van der Waals surface area (Å²) in [5.74, 6) is 0. The molecule has 1 aliphatic rings. The normalized spacial score (nSPS) is 25.5. The zero-order chi connectivity index (χ0) is 8.97. The molecule has 0 aliphatic carbocycles. The summed E-state index contributed by atoms with van der Waals surface area (Å²) >= 11 is 0. The number of nitrogens with zero attached hydrogens (tertiary/aromatic N) is 1. The minimum absolute atomic E-state index is 0.679. The molecule has 0 spiro atoms. The van der Waals surface area contributed by atoms with Crippen molar-refractivity contribution in [3.8, 4) is 0 Å². The Morgan fingerprint density at radius 3 is 2.83 bits per heavy atom. The Morgan fingerprint density at radius 1 is 1.50 bits per heavy atom. The van der Waals surface area contributed by atoms with Crippen molar-refractivity contribution in [2.75, 3.05) is 19.8 Å². The van der Waals surface area contributed by atoms with Gasteiger partial charge in [0.25, 0.3) is 0 Å². The Balaban J connectivity index is 2.30. The standard InChI is InChI=1S/C10H21NO/c1-4-12-8-10-6-5-7-11(10)9(2)3/h9-10H,4-8H2,1-3H3/t10-/m1/s1. The van der Waals surface area contributed by atoms with Crippen LogP contribution in [-0.4, -0.2) is 36.7 Å². The molecule has 0 radical (unpaired) electrons. The van der Waals surface area contributed by atoms with E-state index in [1.165, 1.54) is 19.4 Å². The van der Waals surface area contributed by atoms with E-state index in [0.717, 1.165) is 13.2 Å². The van der Waals surface area contributed by atoms with Crippen molar-refractivity contribution in [2.24, 2.45) is 0 Å². The molecule has 0 aromatic carbocycles. The Kier molecular flexibility index (Phi) is 4.02. The zero-order valence-electron chi connectivity index (χ0n) is 8.55. The van der Waals surface area contributed by atoms with Crippen LogP contribution >= 0.6 is 0 Å². The second-order valence-corrected chi connectivity index (χ2v) is 3.79. The van der Waals surface area contributed by atoms with E-state index >= 15 is 0 Å². The van der Waals surface area contributed by atoms with Gasteiger partial charge < -0.3 is 4.74 Å². The molecule has 0 saturated carbocycles. The Labute approximate surface area is 75.9 Å². The van der Waals surface area contributed by atoms with Crippen molar-refractivity contribution in [1.82, 2.24) is 4.90 Å². The van der Waals surface area contributed by atoms with Crippen LogP contribution in [-0.2, 0) is 4.74 Å². The van der Waals surface area contributed by atoms with Gasteiger partial charge in [0.2, 0.25) is 0 Å². The highest BCUT2D eigenvalue weighted by Gasteiger charge is 2.25. The van der Waals surface area contributed by atoms with Gasteiger partial charge in [-0.05, 0) is 40.2 Å². The molecule has 0 unspecified atom stereocenters. The van der Waals surface area contributed by atoms with Crippen molar-refractivity contribution in [2.45, 2.75) is 45.7 Å². The van der Waals surface area contributed by atoms with E-state index in [4.69, 9.17) is 4.74 Å². The largest absolute Gasteiger partial charge is 0.380 e. The van der Waals surface area contributed by atoms with E-state index in [1.807, 2.05) is 0 Å². The van der Waals surface area contributed by atoms with E-state index in [0.29, 0.717) is 12.1 Å². The third kappa shape index (κ3) is 2.46. The third-order valence-corrected chi connectivity index (χ3v) is 2.60. The molecule has 12 heavy (non-hydrogen) atoms. The number of likely N-dealkylation sites (tertiary alicyclic amines) is 1. The predicted octanol–water partition coefficient (Wildman–Crippen LogP) is 1.90. The molecule has 1 heterocycles. The topological polar surface area (TPSA) is 12.5 Å². The monoisotopic (exact) mass is 171 g/mol. The van der Waals surface area contributed by atoms with Gasteiger partial charge in [-0.15, -0.1) is 0 Å². The van der Waals surface area contributed by atoms with Crippen LogP contribution in [0.4, 0.5) is 0 Å². The van der Waals surface area contributed by atoms with Crippen molar-refractivity contribution < 1.29 is 4.74 Å². The molecule has 1 atom stereocenters. The third-order valence-electron chi connectivity index (χ3n) is 2.60.